The van der Waals surface area contributed by atoms with Crippen molar-refractivity contribution in [3.63, 3.8) is 0 Å². The van der Waals surface area contributed by atoms with Gasteiger partial charge in [0.2, 0.25) is 0 Å². The largest absolute Gasteiger partial charge is 0.361 e. The maximum Gasteiger partial charge on any atom is 0.162 e. The van der Waals surface area contributed by atoms with Crippen molar-refractivity contribution in [2.24, 2.45) is 0 Å². The van der Waals surface area contributed by atoms with E-state index in [-0.39, 0.29) is 5.78 Å². The molecule has 0 aliphatic rings. The van der Waals surface area contributed by atoms with Crippen LogP contribution >= 0.6 is 15.9 Å². The summed E-state index contributed by atoms with van der Waals surface area (Å²) in [6.45, 7) is 0. The van der Waals surface area contributed by atoms with Gasteiger partial charge in [-0.2, -0.15) is 0 Å². The molecule has 3 heteroatoms. The summed E-state index contributed by atoms with van der Waals surface area (Å²) in [6.07, 6.45) is 4.41. The SMILES string of the molecule is O=C(CCCc1c[nH]c2ccc(Br)cc12)c1ccccc1. The van der Waals surface area contributed by atoms with Gasteiger partial charge in [-0.15, -0.1) is 0 Å². The Morgan fingerprint density at radius 2 is 1.90 bits per heavy atom. The first kappa shape index (κ1) is 14.1. The van der Waals surface area contributed by atoms with E-state index in [0.29, 0.717) is 6.42 Å². The van der Waals surface area contributed by atoms with Crippen molar-refractivity contribution in [3.8, 4) is 0 Å². The lowest BCUT2D eigenvalue weighted by atomic mass is 10.0. The van der Waals surface area contributed by atoms with Crippen LogP contribution in [0.25, 0.3) is 10.9 Å². The number of benzene rings is 2. The molecule has 2 aromatic carbocycles. The van der Waals surface area contributed by atoms with E-state index in [2.05, 4.69) is 33.0 Å². The van der Waals surface area contributed by atoms with Crippen molar-refractivity contribution in [1.29, 1.82) is 0 Å². The summed E-state index contributed by atoms with van der Waals surface area (Å²) < 4.78 is 1.08. The number of Topliss-reactive ketones (excluding diaryl/α,β-unsaturated/α-hetero) is 1. The number of rotatable bonds is 5. The van der Waals surface area contributed by atoms with Crippen molar-refractivity contribution < 1.29 is 4.79 Å². The van der Waals surface area contributed by atoms with Gasteiger partial charge in [-0.05, 0) is 36.6 Å². The molecule has 0 spiro atoms. The van der Waals surface area contributed by atoms with Crippen LogP contribution in [0.2, 0.25) is 0 Å². The fourth-order valence-electron chi connectivity index (χ4n) is 2.57. The van der Waals surface area contributed by atoms with Gasteiger partial charge >= 0.3 is 0 Å². The van der Waals surface area contributed by atoms with Crippen molar-refractivity contribution in [1.82, 2.24) is 4.98 Å². The number of H-pyrrole nitrogens is 1. The van der Waals surface area contributed by atoms with Gasteiger partial charge in [-0.1, -0.05) is 46.3 Å². The van der Waals surface area contributed by atoms with E-state index in [9.17, 15) is 4.79 Å². The van der Waals surface area contributed by atoms with Gasteiger partial charge in [0, 0.05) is 33.6 Å². The van der Waals surface area contributed by atoms with Crippen molar-refractivity contribution in [3.05, 3.63) is 70.3 Å². The highest BCUT2D eigenvalue weighted by Gasteiger charge is 2.07. The monoisotopic (exact) mass is 341 g/mol. The molecule has 0 radical (unpaired) electrons. The van der Waals surface area contributed by atoms with E-state index in [4.69, 9.17) is 0 Å². The second-order valence-corrected chi connectivity index (χ2v) is 6.06. The van der Waals surface area contributed by atoms with Crippen molar-refractivity contribution in [2.75, 3.05) is 0 Å². The minimum Gasteiger partial charge on any atom is -0.361 e. The van der Waals surface area contributed by atoms with Gasteiger partial charge in [0.25, 0.3) is 0 Å². The van der Waals surface area contributed by atoms with Crippen LogP contribution in [0.5, 0.6) is 0 Å². The molecule has 0 fully saturated rings. The van der Waals surface area contributed by atoms with Gasteiger partial charge in [-0.25, -0.2) is 0 Å². The molecule has 106 valence electrons. The van der Waals surface area contributed by atoms with Gasteiger partial charge < -0.3 is 4.98 Å². The van der Waals surface area contributed by atoms with Crippen LogP contribution in [0, 0.1) is 0 Å². The first-order valence-electron chi connectivity index (χ1n) is 7.08. The highest BCUT2D eigenvalue weighted by atomic mass is 79.9. The Kier molecular flexibility index (Phi) is 4.20. The maximum atomic E-state index is 12.1. The predicted molar refractivity (Wildman–Crippen MR) is 89.7 cm³/mol. The Morgan fingerprint density at radius 3 is 2.71 bits per heavy atom. The summed E-state index contributed by atoms with van der Waals surface area (Å²) >= 11 is 3.51. The molecule has 1 heterocycles. The lowest BCUT2D eigenvalue weighted by Crippen LogP contribution is -1.99. The van der Waals surface area contributed by atoms with Gasteiger partial charge in [0.15, 0.2) is 5.78 Å². The number of fused-ring (bicyclic) bond motifs is 1. The van der Waals surface area contributed by atoms with E-state index in [0.717, 1.165) is 28.4 Å². The van der Waals surface area contributed by atoms with Crippen LogP contribution in [0.4, 0.5) is 0 Å². The van der Waals surface area contributed by atoms with Crippen LogP contribution in [-0.2, 0) is 6.42 Å². The quantitative estimate of drug-likeness (QED) is 0.640. The first-order valence-corrected chi connectivity index (χ1v) is 7.87. The minimum atomic E-state index is 0.219. The standard InChI is InChI=1S/C18H16BrNO/c19-15-9-10-17-16(11-15)14(12-20-17)7-4-8-18(21)13-5-2-1-3-6-13/h1-3,5-6,9-12,20H,4,7-8H2. The first-order chi connectivity index (χ1) is 10.2. The van der Waals surface area contributed by atoms with Crippen LogP contribution < -0.4 is 0 Å². The Morgan fingerprint density at radius 1 is 1.10 bits per heavy atom. The van der Waals surface area contributed by atoms with Crippen LogP contribution in [0.1, 0.15) is 28.8 Å². The number of carbonyl (C=O) groups excluding carboxylic acids is 1. The molecule has 2 nitrogen and oxygen atoms in total. The van der Waals surface area contributed by atoms with E-state index in [1.807, 2.05) is 42.6 Å². The van der Waals surface area contributed by atoms with Crippen LogP contribution in [0.3, 0.4) is 0 Å². The molecular formula is C18H16BrNO. The molecule has 0 atom stereocenters. The van der Waals surface area contributed by atoms with E-state index < -0.39 is 0 Å². The summed E-state index contributed by atoms with van der Waals surface area (Å²) in [6, 6.07) is 15.7. The Hall–Kier alpha value is -1.87. The summed E-state index contributed by atoms with van der Waals surface area (Å²) in [5.41, 5.74) is 3.22. The van der Waals surface area contributed by atoms with Crippen molar-refractivity contribution >= 4 is 32.6 Å². The third-order valence-electron chi connectivity index (χ3n) is 3.68. The molecule has 21 heavy (non-hydrogen) atoms. The van der Waals surface area contributed by atoms with Crippen LogP contribution in [0.15, 0.2) is 59.2 Å². The molecule has 3 rings (SSSR count). The number of halogens is 1. The number of hydrogen-bond acceptors (Lipinski definition) is 1. The fourth-order valence-corrected chi connectivity index (χ4v) is 2.93. The molecule has 0 saturated heterocycles. The number of aromatic amines is 1. The van der Waals surface area contributed by atoms with E-state index in [1.54, 1.807) is 0 Å². The number of ketones is 1. The number of aromatic nitrogens is 1. The zero-order valence-electron chi connectivity index (χ0n) is 11.6. The lowest BCUT2D eigenvalue weighted by Gasteiger charge is -2.01. The van der Waals surface area contributed by atoms with Gasteiger partial charge in [-0.3, -0.25) is 4.79 Å². The number of hydrogen-bond donors (Lipinski definition) is 1. The molecule has 1 N–H and O–H groups in total. The average molecular weight is 342 g/mol. The summed E-state index contributed by atoms with van der Waals surface area (Å²) in [5, 5.41) is 1.23. The summed E-state index contributed by atoms with van der Waals surface area (Å²) in [5.74, 6) is 0.219. The normalized spacial score (nSPS) is 10.9. The minimum absolute atomic E-state index is 0.219. The van der Waals surface area contributed by atoms with E-state index in [1.165, 1.54) is 10.9 Å². The zero-order valence-corrected chi connectivity index (χ0v) is 13.2. The molecule has 0 bridgehead atoms. The van der Waals surface area contributed by atoms with Crippen molar-refractivity contribution in [2.45, 2.75) is 19.3 Å². The smallest absolute Gasteiger partial charge is 0.162 e. The maximum absolute atomic E-state index is 12.1. The molecule has 3 aromatic rings. The van der Waals surface area contributed by atoms with Gasteiger partial charge in [0.05, 0.1) is 0 Å². The third-order valence-corrected chi connectivity index (χ3v) is 4.17. The second kappa shape index (κ2) is 6.27. The molecular weight excluding hydrogens is 326 g/mol. The molecule has 0 aliphatic heterocycles. The summed E-state index contributed by atoms with van der Waals surface area (Å²) in [7, 11) is 0. The molecule has 0 saturated carbocycles. The topological polar surface area (TPSA) is 32.9 Å². The Labute approximate surface area is 132 Å². The lowest BCUT2D eigenvalue weighted by molar-refractivity contribution is 0.0980. The zero-order chi connectivity index (χ0) is 14.7. The van der Waals surface area contributed by atoms with Gasteiger partial charge in [0.1, 0.15) is 0 Å². The number of nitrogens with one attached hydrogen (secondary N) is 1. The predicted octanol–water partition coefficient (Wildman–Crippen LogP) is 5.14. The Balaban J connectivity index is 1.65. The highest BCUT2D eigenvalue weighted by molar-refractivity contribution is 9.10. The third kappa shape index (κ3) is 3.24. The molecule has 0 unspecified atom stereocenters. The average Bonchev–Trinajstić information content (AvgIpc) is 2.90. The number of aryl methyl sites for hydroxylation is 1. The molecule has 0 amide bonds. The molecule has 0 aliphatic carbocycles. The number of carbonyl (C=O) groups is 1. The fraction of sp³-hybridized carbons (Fsp3) is 0.167. The molecule has 1 aromatic heterocycles. The highest BCUT2D eigenvalue weighted by Crippen LogP contribution is 2.24. The summed E-state index contributed by atoms with van der Waals surface area (Å²) in [4.78, 5) is 15.4. The Bertz CT molecular complexity index is 761. The van der Waals surface area contributed by atoms with Crippen LogP contribution in [-0.4, -0.2) is 10.8 Å². The second-order valence-electron chi connectivity index (χ2n) is 5.15. The van der Waals surface area contributed by atoms with E-state index >= 15 is 0 Å².